The number of hydrogen-bond donors (Lipinski definition) is 0. The molecule has 0 atom stereocenters. The van der Waals surface area contributed by atoms with Gasteiger partial charge in [0.25, 0.3) is 0 Å². The summed E-state index contributed by atoms with van der Waals surface area (Å²) in [4.78, 5) is 15.9. The number of carbonyl (C=O) groups is 1. The minimum absolute atomic E-state index is 0.0882. The van der Waals surface area contributed by atoms with Crippen molar-refractivity contribution in [3.8, 4) is 5.75 Å². The molecular formula is C20H23NO3. The lowest BCUT2D eigenvalue weighted by Crippen LogP contribution is -2.13. The Bertz CT molecular complexity index is 693. The zero-order valence-corrected chi connectivity index (χ0v) is 14.2. The number of hydrogen-bond acceptors (Lipinski definition) is 4. The summed E-state index contributed by atoms with van der Waals surface area (Å²) < 4.78 is 11.1. The Balaban J connectivity index is 1.68. The quantitative estimate of drug-likeness (QED) is 0.561. The van der Waals surface area contributed by atoms with Crippen molar-refractivity contribution in [2.75, 3.05) is 6.79 Å². The van der Waals surface area contributed by atoms with Crippen molar-refractivity contribution in [3.05, 3.63) is 59.4 Å². The fourth-order valence-corrected chi connectivity index (χ4v) is 2.74. The van der Waals surface area contributed by atoms with Crippen molar-refractivity contribution in [1.82, 2.24) is 4.98 Å². The highest BCUT2D eigenvalue weighted by atomic mass is 16.7. The predicted molar refractivity (Wildman–Crippen MR) is 92.1 cm³/mol. The summed E-state index contributed by atoms with van der Waals surface area (Å²) in [6, 6.07) is 9.67. The second kappa shape index (κ2) is 7.47. The van der Waals surface area contributed by atoms with Crippen molar-refractivity contribution < 1.29 is 14.3 Å². The summed E-state index contributed by atoms with van der Waals surface area (Å²) in [6.07, 6.45) is 6.73. The van der Waals surface area contributed by atoms with E-state index in [2.05, 4.69) is 37.0 Å². The van der Waals surface area contributed by atoms with Gasteiger partial charge in [-0.3, -0.25) is 4.98 Å². The Morgan fingerprint density at radius 3 is 2.75 bits per heavy atom. The molecule has 24 heavy (non-hydrogen) atoms. The van der Waals surface area contributed by atoms with Crippen LogP contribution in [0.15, 0.2) is 42.7 Å². The fourth-order valence-electron chi connectivity index (χ4n) is 2.74. The summed E-state index contributed by atoms with van der Waals surface area (Å²) in [5.74, 6) is 1.58. The molecule has 1 fully saturated rings. The number of rotatable bonds is 7. The van der Waals surface area contributed by atoms with E-state index in [1.807, 2.05) is 0 Å². The van der Waals surface area contributed by atoms with Crippen molar-refractivity contribution in [1.29, 1.82) is 0 Å². The minimum Gasteiger partial charge on any atom is -0.457 e. The Labute approximate surface area is 142 Å². The SMILES string of the molecule is CC(C)c1cccc(CC2CC2)c1OCOC(=O)c1cccnc1. The van der Waals surface area contributed by atoms with Crippen LogP contribution >= 0.6 is 0 Å². The highest BCUT2D eigenvalue weighted by Crippen LogP contribution is 2.38. The van der Waals surface area contributed by atoms with Gasteiger partial charge in [0.2, 0.25) is 6.79 Å². The van der Waals surface area contributed by atoms with Crippen molar-refractivity contribution in [2.24, 2.45) is 5.92 Å². The van der Waals surface area contributed by atoms with Gasteiger partial charge in [-0.05, 0) is 54.4 Å². The van der Waals surface area contributed by atoms with Gasteiger partial charge in [0.15, 0.2) is 0 Å². The molecule has 1 aromatic heterocycles. The summed E-state index contributed by atoms with van der Waals surface area (Å²) in [5, 5.41) is 0. The summed E-state index contributed by atoms with van der Waals surface area (Å²) >= 11 is 0. The normalized spacial score (nSPS) is 13.8. The van der Waals surface area contributed by atoms with E-state index in [-0.39, 0.29) is 6.79 Å². The molecule has 0 saturated heterocycles. The second-order valence-corrected chi connectivity index (χ2v) is 6.57. The van der Waals surface area contributed by atoms with Crippen LogP contribution in [0.5, 0.6) is 5.75 Å². The van der Waals surface area contributed by atoms with Gasteiger partial charge in [0.1, 0.15) is 5.75 Å². The molecular weight excluding hydrogens is 302 g/mol. The first-order chi connectivity index (χ1) is 11.6. The van der Waals surface area contributed by atoms with E-state index >= 15 is 0 Å². The third-order valence-electron chi connectivity index (χ3n) is 4.25. The van der Waals surface area contributed by atoms with Crippen molar-refractivity contribution in [2.45, 2.75) is 39.0 Å². The molecule has 2 aromatic rings. The van der Waals surface area contributed by atoms with Crippen LogP contribution in [0.25, 0.3) is 0 Å². The van der Waals surface area contributed by atoms with E-state index < -0.39 is 5.97 Å². The van der Waals surface area contributed by atoms with Crippen LogP contribution in [-0.4, -0.2) is 17.7 Å². The first kappa shape index (κ1) is 16.5. The molecule has 0 amide bonds. The molecule has 1 saturated carbocycles. The Morgan fingerprint density at radius 2 is 2.08 bits per heavy atom. The third-order valence-corrected chi connectivity index (χ3v) is 4.25. The van der Waals surface area contributed by atoms with Gasteiger partial charge < -0.3 is 9.47 Å². The molecule has 1 aromatic carbocycles. The molecule has 1 heterocycles. The lowest BCUT2D eigenvalue weighted by Gasteiger charge is -2.18. The Hall–Kier alpha value is -2.36. The summed E-state index contributed by atoms with van der Waals surface area (Å²) in [6.45, 7) is 4.20. The average molecular weight is 325 g/mol. The van der Waals surface area contributed by atoms with E-state index in [0.717, 1.165) is 23.7 Å². The first-order valence-corrected chi connectivity index (χ1v) is 8.47. The van der Waals surface area contributed by atoms with Crippen LogP contribution in [0.2, 0.25) is 0 Å². The summed E-state index contributed by atoms with van der Waals surface area (Å²) in [5.41, 5.74) is 2.79. The molecule has 0 radical (unpaired) electrons. The fraction of sp³-hybridized carbons (Fsp3) is 0.400. The smallest absolute Gasteiger partial charge is 0.342 e. The van der Waals surface area contributed by atoms with Crippen LogP contribution in [0, 0.1) is 5.92 Å². The molecule has 0 bridgehead atoms. The van der Waals surface area contributed by atoms with Crippen LogP contribution in [0.3, 0.4) is 0 Å². The monoisotopic (exact) mass is 325 g/mol. The lowest BCUT2D eigenvalue weighted by molar-refractivity contribution is 0.0147. The molecule has 1 aliphatic carbocycles. The number of benzene rings is 1. The first-order valence-electron chi connectivity index (χ1n) is 8.47. The minimum atomic E-state index is -0.422. The van der Waals surface area contributed by atoms with Gasteiger partial charge in [-0.15, -0.1) is 0 Å². The molecule has 4 heteroatoms. The zero-order valence-electron chi connectivity index (χ0n) is 14.2. The van der Waals surface area contributed by atoms with Gasteiger partial charge in [0.05, 0.1) is 5.56 Å². The Kier molecular flexibility index (Phi) is 5.14. The number of esters is 1. The number of aromatic nitrogens is 1. The molecule has 0 unspecified atom stereocenters. The standard InChI is InChI=1S/C20H23NO3/c1-14(2)18-7-3-5-16(11-15-8-9-15)19(18)23-13-24-20(22)17-6-4-10-21-12-17/h3-7,10,12,14-15H,8-9,11,13H2,1-2H3. The van der Waals surface area contributed by atoms with Crippen molar-refractivity contribution >= 4 is 5.97 Å². The van der Waals surface area contributed by atoms with Gasteiger partial charge >= 0.3 is 5.97 Å². The van der Waals surface area contributed by atoms with E-state index in [4.69, 9.17) is 9.47 Å². The van der Waals surface area contributed by atoms with Crippen LogP contribution in [0.4, 0.5) is 0 Å². The maximum absolute atomic E-state index is 12.0. The molecule has 0 N–H and O–H groups in total. The molecule has 0 spiro atoms. The average Bonchev–Trinajstić information content (AvgIpc) is 3.40. The highest BCUT2D eigenvalue weighted by Gasteiger charge is 2.24. The zero-order chi connectivity index (χ0) is 16.9. The molecule has 126 valence electrons. The van der Waals surface area contributed by atoms with E-state index in [9.17, 15) is 4.79 Å². The topological polar surface area (TPSA) is 48.4 Å². The number of ether oxygens (including phenoxy) is 2. The van der Waals surface area contributed by atoms with Gasteiger partial charge in [-0.1, -0.05) is 32.0 Å². The molecule has 4 nitrogen and oxygen atoms in total. The molecule has 3 rings (SSSR count). The van der Waals surface area contributed by atoms with Crippen LogP contribution in [-0.2, 0) is 11.2 Å². The maximum Gasteiger partial charge on any atom is 0.342 e. The largest absolute Gasteiger partial charge is 0.457 e. The maximum atomic E-state index is 12.0. The van der Waals surface area contributed by atoms with E-state index in [0.29, 0.717) is 11.5 Å². The number of nitrogens with zero attached hydrogens (tertiary/aromatic N) is 1. The highest BCUT2D eigenvalue weighted by molar-refractivity contribution is 5.88. The molecule has 1 aliphatic rings. The summed E-state index contributed by atoms with van der Waals surface area (Å²) in [7, 11) is 0. The number of carbonyl (C=O) groups excluding carboxylic acids is 1. The third kappa shape index (κ3) is 4.13. The number of pyridine rings is 1. The van der Waals surface area contributed by atoms with Crippen LogP contribution < -0.4 is 4.74 Å². The molecule has 0 aliphatic heterocycles. The Morgan fingerprint density at radius 1 is 1.25 bits per heavy atom. The van der Waals surface area contributed by atoms with Gasteiger partial charge in [-0.25, -0.2) is 4.79 Å². The lowest BCUT2D eigenvalue weighted by atomic mass is 9.97. The van der Waals surface area contributed by atoms with Gasteiger partial charge in [-0.2, -0.15) is 0 Å². The second-order valence-electron chi connectivity index (χ2n) is 6.57. The van der Waals surface area contributed by atoms with Crippen LogP contribution in [0.1, 0.15) is 54.1 Å². The van der Waals surface area contributed by atoms with Crippen molar-refractivity contribution in [3.63, 3.8) is 0 Å². The van der Waals surface area contributed by atoms with E-state index in [1.54, 1.807) is 18.3 Å². The predicted octanol–water partition coefficient (Wildman–Crippen LogP) is 4.35. The van der Waals surface area contributed by atoms with Gasteiger partial charge in [0, 0.05) is 12.4 Å². The number of para-hydroxylation sites is 1. The van der Waals surface area contributed by atoms with E-state index in [1.165, 1.54) is 24.6 Å².